The smallest absolute Gasteiger partial charge is 0.239 e. The van der Waals surface area contributed by atoms with E-state index in [9.17, 15) is 26.4 Å². The minimum atomic E-state index is -3.93. The van der Waals surface area contributed by atoms with Crippen molar-refractivity contribution < 1.29 is 26.4 Å². The van der Waals surface area contributed by atoms with Gasteiger partial charge in [-0.15, -0.1) is 0 Å². The minimum Gasteiger partial charge on any atom is -0.323 e. The summed E-state index contributed by atoms with van der Waals surface area (Å²) in [7, 11) is -3.93. The van der Waals surface area contributed by atoms with Gasteiger partial charge in [-0.05, 0) is 29.8 Å². The van der Waals surface area contributed by atoms with Gasteiger partial charge in [0.05, 0.1) is 11.4 Å². The lowest BCUT2D eigenvalue weighted by Crippen LogP contribution is -2.24. The first-order valence-corrected chi connectivity index (χ1v) is 8.75. The van der Waals surface area contributed by atoms with Gasteiger partial charge in [-0.3, -0.25) is 4.79 Å². The van der Waals surface area contributed by atoms with Crippen molar-refractivity contribution in [2.24, 2.45) is 0 Å². The van der Waals surface area contributed by atoms with Crippen molar-refractivity contribution in [3.05, 3.63) is 64.4 Å². The fourth-order valence-electron chi connectivity index (χ4n) is 1.90. The van der Waals surface area contributed by atoms with Crippen molar-refractivity contribution >= 4 is 33.0 Å². The molecule has 0 saturated carbocycles. The highest BCUT2D eigenvalue weighted by Gasteiger charge is 2.20. The van der Waals surface area contributed by atoms with Crippen LogP contribution in [0, 0.1) is 17.5 Å². The highest BCUT2D eigenvalue weighted by atomic mass is 35.5. The van der Waals surface area contributed by atoms with Gasteiger partial charge in [0.1, 0.15) is 23.2 Å². The molecular weight excluding hydrogens is 367 g/mol. The van der Waals surface area contributed by atoms with Gasteiger partial charge in [-0.1, -0.05) is 17.7 Å². The molecule has 9 heteroatoms. The number of nitrogens with one attached hydrogen (secondary N) is 1. The van der Waals surface area contributed by atoms with Crippen LogP contribution in [0.15, 0.2) is 36.4 Å². The molecule has 0 saturated heterocycles. The van der Waals surface area contributed by atoms with Crippen LogP contribution in [0.25, 0.3) is 0 Å². The van der Waals surface area contributed by atoms with Gasteiger partial charge in [0.25, 0.3) is 0 Å². The second kappa shape index (κ2) is 7.23. The Kier molecular flexibility index (Phi) is 5.51. The Balaban J connectivity index is 2.06. The maximum Gasteiger partial charge on any atom is 0.239 e. The van der Waals surface area contributed by atoms with Crippen LogP contribution in [0.4, 0.5) is 18.9 Å². The van der Waals surface area contributed by atoms with Gasteiger partial charge in [0.15, 0.2) is 9.84 Å². The highest BCUT2D eigenvalue weighted by Crippen LogP contribution is 2.20. The molecule has 0 atom stereocenters. The average molecular weight is 378 g/mol. The molecule has 2 rings (SSSR count). The van der Waals surface area contributed by atoms with Crippen LogP contribution in [-0.4, -0.2) is 20.1 Å². The van der Waals surface area contributed by atoms with Gasteiger partial charge >= 0.3 is 0 Å². The van der Waals surface area contributed by atoms with Crippen LogP contribution in [0.2, 0.25) is 5.02 Å². The molecule has 0 heterocycles. The zero-order valence-corrected chi connectivity index (χ0v) is 13.6. The van der Waals surface area contributed by atoms with Crippen molar-refractivity contribution in [3.63, 3.8) is 0 Å². The molecule has 1 amide bonds. The van der Waals surface area contributed by atoms with E-state index >= 15 is 0 Å². The molecule has 0 fully saturated rings. The molecule has 128 valence electrons. The number of carbonyl (C=O) groups excluding carboxylic acids is 1. The Morgan fingerprint density at radius 1 is 1.04 bits per heavy atom. The predicted octanol–water partition coefficient (Wildman–Crippen LogP) is 3.31. The van der Waals surface area contributed by atoms with E-state index in [1.807, 2.05) is 0 Å². The third-order valence-electron chi connectivity index (χ3n) is 2.95. The second-order valence-electron chi connectivity index (χ2n) is 4.94. The Bertz CT molecular complexity index is 888. The molecule has 24 heavy (non-hydrogen) atoms. The Morgan fingerprint density at radius 3 is 2.29 bits per heavy atom. The lowest BCUT2D eigenvalue weighted by molar-refractivity contribution is -0.113. The first-order chi connectivity index (χ1) is 11.2. The molecule has 2 aromatic carbocycles. The summed E-state index contributed by atoms with van der Waals surface area (Å²) >= 11 is 5.75. The van der Waals surface area contributed by atoms with Crippen molar-refractivity contribution in [1.82, 2.24) is 0 Å². The summed E-state index contributed by atoms with van der Waals surface area (Å²) in [5.74, 6) is -4.97. The number of halogens is 4. The van der Waals surface area contributed by atoms with Gasteiger partial charge < -0.3 is 5.32 Å². The Morgan fingerprint density at radius 2 is 1.67 bits per heavy atom. The summed E-state index contributed by atoms with van der Waals surface area (Å²) in [6.07, 6.45) is 0. The van der Waals surface area contributed by atoms with E-state index in [2.05, 4.69) is 5.32 Å². The molecule has 1 N–H and O–H groups in total. The zero-order valence-electron chi connectivity index (χ0n) is 12.0. The molecule has 0 aromatic heterocycles. The summed E-state index contributed by atoms with van der Waals surface area (Å²) < 4.78 is 63.2. The van der Waals surface area contributed by atoms with Crippen LogP contribution < -0.4 is 5.32 Å². The molecular formula is C15H11ClF3NO3S. The first kappa shape index (κ1) is 18.3. The number of sulfone groups is 1. The quantitative estimate of drug-likeness (QED) is 0.869. The molecule has 0 aliphatic rings. The SMILES string of the molecule is O=C(CS(=O)(=O)Cc1ccc(F)cc1Cl)Nc1ccc(F)cc1F. The normalized spacial score (nSPS) is 11.3. The largest absolute Gasteiger partial charge is 0.323 e. The maximum absolute atomic E-state index is 13.4. The first-order valence-electron chi connectivity index (χ1n) is 6.55. The number of rotatable bonds is 5. The highest BCUT2D eigenvalue weighted by molar-refractivity contribution is 7.91. The number of hydrogen-bond acceptors (Lipinski definition) is 3. The van der Waals surface area contributed by atoms with Crippen LogP contribution in [-0.2, 0) is 20.4 Å². The van der Waals surface area contributed by atoms with Crippen LogP contribution >= 0.6 is 11.6 Å². The van der Waals surface area contributed by atoms with E-state index in [-0.39, 0.29) is 16.3 Å². The van der Waals surface area contributed by atoms with Gasteiger partial charge in [-0.25, -0.2) is 21.6 Å². The molecule has 2 aromatic rings. The van der Waals surface area contributed by atoms with E-state index in [1.54, 1.807) is 0 Å². The van der Waals surface area contributed by atoms with Crippen molar-refractivity contribution in [1.29, 1.82) is 0 Å². The molecule has 0 aliphatic heterocycles. The van der Waals surface area contributed by atoms with E-state index in [0.29, 0.717) is 6.07 Å². The predicted molar refractivity (Wildman–Crippen MR) is 83.9 cm³/mol. The minimum absolute atomic E-state index is 0.0800. The number of carbonyl (C=O) groups is 1. The van der Waals surface area contributed by atoms with Gasteiger partial charge in [0.2, 0.25) is 5.91 Å². The van der Waals surface area contributed by atoms with Crippen LogP contribution in [0.1, 0.15) is 5.56 Å². The number of anilines is 1. The number of benzene rings is 2. The van der Waals surface area contributed by atoms with Crippen molar-refractivity contribution in [2.45, 2.75) is 5.75 Å². The van der Waals surface area contributed by atoms with E-state index in [1.165, 1.54) is 6.07 Å². The monoisotopic (exact) mass is 377 g/mol. The van der Waals surface area contributed by atoms with Gasteiger partial charge in [0, 0.05) is 11.1 Å². The molecule has 0 unspecified atom stereocenters. The molecule has 0 spiro atoms. The standard InChI is InChI=1S/C15H11ClF3NO3S/c16-12-5-10(17)2-1-9(12)7-24(22,23)8-15(21)20-14-4-3-11(18)6-13(14)19/h1-6H,7-8H2,(H,20,21). The van der Waals surface area contributed by atoms with Crippen molar-refractivity contribution in [3.8, 4) is 0 Å². The van der Waals surface area contributed by atoms with Crippen LogP contribution in [0.3, 0.4) is 0 Å². The Hall–Kier alpha value is -2.06. The second-order valence-corrected chi connectivity index (χ2v) is 7.41. The van der Waals surface area contributed by atoms with E-state index in [0.717, 1.165) is 24.3 Å². The summed E-state index contributed by atoms with van der Waals surface area (Å²) in [5.41, 5.74) is -0.199. The number of amides is 1. The summed E-state index contributed by atoms with van der Waals surface area (Å²) in [6.45, 7) is 0. The summed E-state index contributed by atoms with van der Waals surface area (Å²) in [4.78, 5) is 11.8. The molecule has 0 aliphatic carbocycles. The summed E-state index contributed by atoms with van der Waals surface area (Å²) in [5, 5.41) is 1.97. The third kappa shape index (κ3) is 4.97. The summed E-state index contributed by atoms with van der Waals surface area (Å²) in [6, 6.07) is 5.66. The topological polar surface area (TPSA) is 63.2 Å². The van der Waals surface area contributed by atoms with Crippen molar-refractivity contribution in [2.75, 3.05) is 11.1 Å². The Labute approximate surface area is 141 Å². The van der Waals surface area contributed by atoms with E-state index < -0.39 is 44.7 Å². The zero-order chi connectivity index (χ0) is 17.9. The van der Waals surface area contributed by atoms with Crippen LogP contribution in [0.5, 0.6) is 0 Å². The van der Waals surface area contributed by atoms with E-state index in [4.69, 9.17) is 11.6 Å². The maximum atomic E-state index is 13.4. The third-order valence-corrected chi connectivity index (χ3v) is 4.75. The number of hydrogen-bond donors (Lipinski definition) is 1. The fourth-order valence-corrected chi connectivity index (χ4v) is 3.52. The fraction of sp³-hybridized carbons (Fsp3) is 0.133. The molecule has 0 bridgehead atoms. The molecule has 0 radical (unpaired) electrons. The van der Waals surface area contributed by atoms with Gasteiger partial charge in [-0.2, -0.15) is 0 Å². The lowest BCUT2D eigenvalue weighted by Gasteiger charge is -2.08. The lowest BCUT2D eigenvalue weighted by atomic mass is 10.2. The average Bonchev–Trinajstić information content (AvgIpc) is 2.44. The molecule has 4 nitrogen and oxygen atoms in total.